The number of amides is 2. The molecule has 0 aliphatic carbocycles. The first-order valence-corrected chi connectivity index (χ1v) is 12.8. The lowest BCUT2D eigenvalue weighted by atomic mass is 10.1. The zero-order chi connectivity index (χ0) is 25.6. The van der Waals surface area contributed by atoms with Crippen LogP contribution in [-0.4, -0.2) is 55.4 Å². The highest BCUT2D eigenvalue weighted by Crippen LogP contribution is 2.31. The number of hydrogen-bond acceptors (Lipinski definition) is 5. The van der Waals surface area contributed by atoms with E-state index in [4.69, 9.17) is 17.0 Å². The first kappa shape index (κ1) is 24.5. The average molecular weight is 527 g/mol. The van der Waals surface area contributed by atoms with Gasteiger partial charge < -0.3 is 9.47 Å². The second-order valence-corrected chi connectivity index (χ2v) is 10.3. The maximum absolute atomic E-state index is 13.7. The number of nitrogens with one attached hydrogen (secondary N) is 1. The van der Waals surface area contributed by atoms with Crippen LogP contribution in [-0.2, 0) is 9.59 Å². The third-order valence-corrected chi connectivity index (χ3v) is 7.64. The largest absolute Gasteiger partial charge is 0.342 e. The molecule has 11 heteroatoms. The zero-order valence-electron chi connectivity index (χ0n) is 19.8. The van der Waals surface area contributed by atoms with Gasteiger partial charge in [0.1, 0.15) is 10.9 Å². The number of hydrazone groups is 1. The first-order valence-electron chi connectivity index (χ1n) is 11.6. The van der Waals surface area contributed by atoms with Crippen LogP contribution in [0.5, 0.6) is 0 Å². The normalized spacial score (nSPS) is 19.1. The van der Waals surface area contributed by atoms with Gasteiger partial charge in [-0.15, -0.1) is 0 Å². The van der Waals surface area contributed by atoms with Crippen molar-refractivity contribution in [2.75, 3.05) is 13.1 Å². The summed E-state index contributed by atoms with van der Waals surface area (Å²) in [7, 11) is 0. The lowest BCUT2D eigenvalue weighted by molar-refractivity contribution is -0.130. The number of carbonyl (C=O) groups excluding carboxylic acids is 2. The molecule has 5 rings (SSSR count). The van der Waals surface area contributed by atoms with Crippen molar-refractivity contribution in [2.24, 2.45) is 10.1 Å². The highest BCUT2D eigenvalue weighted by atomic mass is 35.5. The number of hydrogen-bond donors (Lipinski definition) is 1. The van der Waals surface area contributed by atoms with Gasteiger partial charge in [0.2, 0.25) is 11.1 Å². The minimum atomic E-state index is -0.535. The molecule has 1 aromatic heterocycles. The van der Waals surface area contributed by atoms with E-state index in [1.54, 1.807) is 18.2 Å². The Morgan fingerprint density at radius 2 is 1.97 bits per heavy atom. The van der Waals surface area contributed by atoms with E-state index in [0.29, 0.717) is 10.7 Å². The summed E-state index contributed by atoms with van der Waals surface area (Å²) in [5, 5.41) is 15.2. The highest BCUT2D eigenvalue weighted by molar-refractivity contribution is 8.27. The molecule has 0 spiro atoms. The van der Waals surface area contributed by atoms with Crippen molar-refractivity contribution >= 4 is 57.3 Å². The molecular formula is C25H24ClFN6O2S. The van der Waals surface area contributed by atoms with E-state index >= 15 is 0 Å². The summed E-state index contributed by atoms with van der Waals surface area (Å²) >= 11 is 7.13. The zero-order valence-corrected chi connectivity index (χ0v) is 21.4. The first-order chi connectivity index (χ1) is 17.2. The van der Waals surface area contributed by atoms with Crippen LogP contribution in [0.2, 0.25) is 5.02 Å². The van der Waals surface area contributed by atoms with Crippen LogP contribution in [0, 0.1) is 25.1 Å². The third kappa shape index (κ3) is 4.51. The van der Waals surface area contributed by atoms with Crippen LogP contribution in [0.3, 0.4) is 0 Å². The fourth-order valence-electron chi connectivity index (χ4n) is 4.60. The maximum atomic E-state index is 13.7. The number of thioether (sulfide) groups is 1. The number of rotatable bonds is 4. The SMILES string of the molecule is Cc1cc(C=C2C(=N)N3N=C(CC(=O)N4CCCCC4)SC3=NC2=O)c(C)n1-c1ccc(F)c(Cl)c1. The standard InChI is InChI=1S/C25H24ClFN6O2S/c1-14-10-16(15(2)32(14)17-6-7-20(27)19(26)12-17)11-18-23(28)33-25(29-24(18)35)36-21(30-33)13-22(34)31-8-4-3-5-9-31/h6-7,10-12,28H,3-5,8-9,13H2,1-2H3. The molecule has 0 atom stereocenters. The molecule has 8 nitrogen and oxygen atoms in total. The number of nitrogens with zero attached hydrogens (tertiary/aromatic N) is 5. The van der Waals surface area contributed by atoms with Gasteiger partial charge >= 0.3 is 0 Å². The van der Waals surface area contributed by atoms with E-state index in [1.807, 2.05) is 29.4 Å². The van der Waals surface area contributed by atoms with E-state index in [0.717, 1.165) is 61.1 Å². The number of carbonyl (C=O) groups is 2. The molecule has 0 radical (unpaired) electrons. The average Bonchev–Trinajstić information content (AvgIpc) is 3.38. The predicted molar refractivity (Wildman–Crippen MR) is 140 cm³/mol. The van der Waals surface area contributed by atoms with Crippen molar-refractivity contribution in [1.82, 2.24) is 14.5 Å². The van der Waals surface area contributed by atoms with E-state index in [9.17, 15) is 14.0 Å². The second kappa shape index (κ2) is 9.67. The number of likely N-dealkylation sites (tertiary alicyclic amines) is 1. The van der Waals surface area contributed by atoms with E-state index in [1.165, 1.54) is 11.1 Å². The number of fused-ring (bicyclic) bond motifs is 1. The Kier molecular flexibility index (Phi) is 6.57. The van der Waals surface area contributed by atoms with Gasteiger partial charge in [0, 0.05) is 30.2 Å². The molecule has 2 amide bonds. The molecule has 1 N–H and O–H groups in total. The van der Waals surface area contributed by atoms with E-state index in [2.05, 4.69) is 10.1 Å². The Labute approximate surface area is 217 Å². The van der Waals surface area contributed by atoms with Crippen molar-refractivity contribution in [2.45, 2.75) is 39.5 Å². The third-order valence-electron chi connectivity index (χ3n) is 6.44. The summed E-state index contributed by atoms with van der Waals surface area (Å²) in [6.07, 6.45) is 4.89. The van der Waals surface area contributed by atoms with Crippen molar-refractivity contribution in [1.29, 1.82) is 5.41 Å². The van der Waals surface area contributed by atoms with Crippen LogP contribution in [0.4, 0.5) is 4.39 Å². The maximum Gasteiger partial charge on any atom is 0.283 e. The molecule has 3 aliphatic heterocycles. The molecule has 186 valence electrons. The topological polar surface area (TPSA) is 94.1 Å². The Morgan fingerprint density at radius 1 is 1.22 bits per heavy atom. The van der Waals surface area contributed by atoms with Crippen LogP contribution >= 0.6 is 23.4 Å². The molecule has 0 saturated carbocycles. The summed E-state index contributed by atoms with van der Waals surface area (Å²) in [6, 6.07) is 6.36. The van der Waals surface area contributed by atoms with Crippen LogP contribution in [0.25, 0.3) is 11.8 Å². The molecule has 0 unspecified atom stereocenters. The lowest BCUT2D eigenvalue weighted by Gasteiger charge is -2.26. The Bertz CT molecular complexity index is 1390. The van der Waals surface area contributed by atoms with Crippen molar-refractivity contribution < 1.29 is 14.0 Å². The summed E-state index contributed by atoms with van der Waals surface area (Å²) < 4.78 is 15.6. The molecule has 36 heavy (non-hydrogen) atoms. The number of aromatic nitrogens is 1. The molecule has 1 fully saturated rings. The molecule has 1 aromatic carbocycles. The fraction of sp³-hybridized carbons (Fsp3) is 0.320. The Balaban J connectivity index is 1.40. The van der Waals surface area contributed by atoms with Crippen LogP contribution in [0.1, 0.15) is 42.6 Å². The van der Waals surface area contributed by atoms with Gasteiger partial charge in [0.05, 0.1) is 17.0 Å². The van der Waals surface area contributed by atoms with Gasteiger partial charge in [-0.05, 0) is 80.8 Å². The monoisotopic (exact) mass is 526 g/mol. The number of halogens is 2. The molecule has 0 bridgehead atoms. The number of aryl methyl sites for hydroxylation is 1. The van der Waals surface area contributed by atoms with Gasteiger partial charge in [0.15, 0.2) is 5.84 Å². The number of benzene rings is 1. The van der Waals surface area contributed by atoms with Gasteiger partial charge in [-0.25, -0.2) is 4.39 Å². The molecule has 4 heterocycles. The summed E-state index contributed by atoms with van der Waals surface area (Å²) in [5.41, 5.74) is 3.16. The predicted octanol–water partition coefficient (Wildman–Crippen LogP) is 4.91. The van der Waals surface area contributed by atoms with Gasteiger partial charge in [-0.2, -0.15) is 15.1 Å². The summed E-state index contributed by atoms with van der Waals surface area (Å²) in [6.45, 7) is 5.27. The highest BCUT2D eigenvalue weighted by Gasteiger charge is 2.36. The van der Waals surface area contributed by atoms with E-state index < -0.39 is 11.7 Å². The molecule has 1 saturated heterocycles. The van der Waals surface area contributed by atoms with Gasteiger partial charge in [0.25, 0.3) is 5.91 Å². The number of aliphatic imine (C=N–C) groups is 1. The quantitative estimate of drug-likeness (QED) is 0.573. The second-order valence-electron chi connectivity index (χ2n) is 8.89. The van der Waals surface area contributed by atoms with E-state index in [-0.39, 0.29) is 33.9 Å². The Hall–Kier alpha value is -3.24. The minimum Gasteiger partial charge on any atom is -0.342 e. The van der Waals surface area contributed by atoms with Crippen molar-refractivity contribution in [3.8, 4) is 5.69 Å². The molecule has 2 aromatic rings. The van der Waals surface area contributed by atoms with Crippen molar-refractivity contribution in [3.05, 3.63) is 57.6 Å². The number of piperidine rings is 1. The van der Waals surface area contributed by atoms with Crippen LogP contribution < -0.4 is 0 Å². The smallest absolute Gasteiger partial charge is 0.283 e. The molecule has 3 aliphatic rings. The summed E-state index contributed by atoms with van der Waals surface area (Å²) in [5.74, 6) is -1.12. The fourth-order valence-corrected chi connectivity index (χ4v) is 5.65. The van der Waals surface area contributed by atoms with Crippen LogP contribution in [0.15, 0.2) is 39.9 Å². The lowest BCUT2D eigenvalue weighted by Crippen LogP contribution is -2.36. The van der Waals surface area contributed by atoms with Crippen molar-refractivity contribution in [3.63, 3.8) is 0 Å². The van der Waals surface area contributed by atoms with Gasteiger partial charge in [-0.1, -0.05) is 11.6 Å². The minimum absolute atomic E-state index is 0.00311. The molecular weight excluding hydrogens is 503 g/mol. The summed E-state index contributed by atoms with van der Waals surface area (Å²) in [4.78, 5) is 31.5. The van der Waals surface area contributed by atoms with Gasteiger partial charge in [-0.3, -0.25) is 15.0 Å². The number of amidine groups is 2. The Morgan fingerprint density at radius 3 is 2.69 bits per heavy atom.